The van der Waals surface area contributed by atoms with E-state index in [-0.39, 0.29) is 12.4 Å². The SMILES string of the molecule is C=Cc1cc(C#N)ccc1CC(=O)OCC. The van der Waals surface area contributed by atoms with Gasteiger partial charge in [-0.25, -0.2) is 0 Å². The molecule has 0 saturated carbocycles. The lowest BCUT2D eigenvalue weighted by molar-refractivity contribution is -0.142. The second kappa shape index (κ2) is 5.72. The topological polar surface area (TPSA) is 50.1 Å². The van der Waals surface area contributed by atoms with Crippen molar-refractivity contribution in [3.63, 3.8) is 0 Å². The minimum absolute atomic E-state index is 0.209. The molecule has 0 aromatic heterocycles. The quantitative estimate of drug-likeness (QED) is 0.724. The lowest BCUT2D eigenvalue weighted by atomic mass is 10.0. The molecule has 0 atom stereocenters. The predicted molar refractivity (Wildman–Crippen MR) is 61.6 cm³/mol. The number of benzene rings is 1. The first kappa shape index (κ1) is 12.0. The Morgan fingerprint density at radius 1 is 1.62 bits per heavy atom. The van der Waals surface area contributed by atoms with E-state index in [1.54, 1.807) is 31.2 Å². The largest absolute Gasteiger partial charge is 0.466 e. The number of ether oxygens (including phenoxy) is 1. The summed E-state index contributed by atoms with van der Waals surface area (Å²) in [6.07, 6.45) is 1.84. The van der Waals surface area contributed by atoms with Crippen LogP contribution in [0.5, 0.6) is 0 Å². The molecule has 1 aromatic carbocycles. The van der Waals surface area contributed by atoms with Crippen LogP contribution in [0.25, 0.3) is 6.08 Å². The lowest BCUT2D eigenvalue weighted by Gasteiger charge is -2.06. The van der Waals surface area contributed by atoms with Crippen molar-refractivity contribution in [2.24, 2.45) is 0 Å². The Bertz CT molecular complexity index is 444. The highest BCUT2D eigenvalue weighted by molar-refractivity contribution is 5.74. The maximum Gasteiger partial charge on any atom is 0.310 e. The molecule has 82 valence electrons. The molecule has 0 aliphatic heterocycles. The van der Waals surface area contributed by atoms with Crippen molar-refractivity contribution >= 4 is 12.0 Å². The van der Waals surface area contributed by atoms with Crippen LogP contribution in [0.2, 0.25) is 0 Å². The van der Waals surface area contributed by atoms with E-state index in [4.69, 9.17) is 10.00 Å². The molecule has 0 aliphatic carbocycles. The Morgan fingerprint density at radius 3 is 2.94 bits per heavy atom. The molecule has 3 nitrogen and oxygen atoms in total. The third-order valence-electron chi connectivity index (χ3n) is 2.13. The zero-order valence-electron chi connectivity index (χ0n) is 9.19. The highest BCUT2D eigenvalue weighted by atomic mass is 16.5. The molecule has 0 unspecified atom stereocenters. The zero-order chi connectivity index (χ0) is 12.0. The van der Waals surface area contributed by atoms with Gasteiger partial charge in [0, 0.05) is 0 Å². The highest BCUT2D eigenvalue weighted by Crippen LogP contribution is 2.14. The van der Waals surface area contributed by atoms with Gasteiger partial charge in [0.05, 0.1) is 24.7 Å². The molecule has 0 fully saturated rings. The summed E-state index contributed by atoms with van der Waals surface area (Å²) in [6.45, 7) is 5.80. The van der Waals surface area contributed by atoms with Crippen molar-refractivity contribution in [1.82, 2.24) is 0 Å². The van der Waals surface area contributed by atoms with Crippen molar-refractivity contribution in [3.8, 4) is 6.07 Å². The molecule has 0 aliphatic rings. The Labute approximate surface area is 95.0 Å². The van der Waals surface area contributed by atoms with Crippen LogP contribution < -0.4 is 0 Å². The molecule has 0 saturated heterocycles. The van der Waals surface area contributed by atoms with Crippen LogP contribution in [0.3, 0.4) is 0 Å². The molecule has 0 heterocycles. The molecule has 16 heavy (non-hydrogen) atoms. The van der Waals surface area contributed by atoms with Crippen LogP contribution in [0.15, 0.2) is 24.8 Å². The summed E-state index contributed by atoms with van der Waals surface area (Å²) in [6, 6.07) is 7.19. The summed E-state index contributed by atoms with van der Waals surface area (Å²) in [5.74, 6) is -0.268. The molecule has 0 spiro atoms. The van der Waals surface area contributed by atoms with Crippen molar-refractivity contribution < 1.29 is 9.53 Å². The molecule has 0 amide bonds. The van der Waals surface area contributed by atoms with E-state index in [0.717, 1.165) is 11.1 Å². The summed E-state index contributed by atoms with van der Waals surface area (Å²) >= 11 is 0. The summed E-state index contributed by atoms with van der Waals surface area (Å²) in [7, 11) is 0. The number of nitriles is 1. The summed E-state index contributed by atoms with van der Waals surface area (Å²) < 4.78 is 4.86. The second-order valence-corrected chi connectivity index (χ2v) is 3.21. The Hall–Kier alpha value is -2.08. The predicted octanol–water partition coefficient (Wildman–Crippen LogP) is 2.31. The summed E-state index contributed by atoms with van der Waals surface area (Å²) in [5, 5.41) is 8.74. The van der Waals surface area contributed by atoms with E-state index < -0.39 is 0 Å². The fourth-order valence-electron chi connectivity index (χ4n) is 1.38. The standard InChI is InChI=1S/C13H13NO2/c1-3-11-7-10(9-14)5-6-12(11)8-13(15)16-4-2/h3,5-7H,1,4,8H2,2H3. The van der Waals surface area contributed by atoms with E-state index in [1.807, 2.05) is 6.07 Å². The van der Waals surface area contributed by atoms with Crippen molar-refractivity contribution in [2.45, 2.75) is 13.3 Å². The van der Waals surface area contributed by atoms with Gasteiger partial charge < -0.3 is 4.74 Å². The van der Waals surface area contributed by atoms with Crippen LogP contribution in [0, 0.1) is 11.3 Å². The first-order valence-corrected chi connectivity index (χ1v) is 5.02. The number of hydrogen-bond donors (Lipinski definition) is 0. The number of carbonyl (C=O) groups is 1. The van der Waals surface area contributed by atoms with Gasteiger partial charge in [0.15, 0.2) is 0 Å². The van der Waals surface area contributed by atoms with Crippen molar-refractivity contribution in [1.29, 1.82) is 5.26 Å². The van der Waals surface area contributed by atoms with Gasteiger partial charge in [0.1, 0.15) is 0 Å². The number of nitrogens with zero attached hydrogens (tertiary/aromatic N) is 1. The van der Waals surface area contributed by atoms with Gasteiger partial charge in [-0.3, -0.25) is 4.79 Å². The number of esters is 1. The van der Waals surface area contributed by atoms with Crippen molar-refractivity contribution in [2.75, 3.05) is 6.61 Å². The van der Waals surface area contributed by atoms with E-state index >= 15 is 0 Å². The lowest BCUT2D eigenvalue weighted by Crippen LogP contribution is -2.08. The molecular formula is C13H13NO2. The monoisotopic (exact) mass is 215 g/mol. The number of hydrogen-bond acceptors (Lipinski definition) is 3. The first-order chi connectivity index (χ1) is 7.71. The number of rotatable bonds is 4. The van der Waals surface area contributed by atoms with Crippen LogP contribution in [-0.4, -0.2) is 12.6 Å². The van der Waals surface area contributed by atoms with E-state index in [2.05, 4.69) is 6.58 Å². The van der Waals surface area contributed by atoms with Gasteiger partial charge in [-0.05, 0) is 30.2 Å². The average molecular weight is 215 g/mol. The normalized spacial score (nSPS) is 9.25. The first-order valence-electron chi connectivity index (χ1n) is 5.02. The van der Waals surface area contributed by atoms with E-state index in [1.165, 1.54) is 0 Å². The van der Waals surface area contributed by atoms with Crippen LogP contribution >= 0.6 is 0 Å². The molecule has 3 heteroatoms. The minimum atomic E-state index is -0.268. The summed E-state index contributed by atoms with van der Waals surface area (Å²) in [5.41, 5.74) is 2.18. The average Bonchev–Trinajstić information content (AvgIpc) is 2.30. The summed E-state index contributed by atoms with van der Waals surface area (Å²) in [4.78, 5) is 11.3. The van der Waals surface area contributed by atoms with E-state index in [0.29, 0.717) is 12.2 Å². The van der Waals surface area contributed by atoms with Gasteiger partial charge >= 0.3 is 5.97 Å². The third-order valence-corrected chi connectivity index (χ3v) is 2.13. The van der Waals surface area contributed by atoms with Gasteiger partial charge in [-0.15, -0.1) is 0 Å². The van der Waals surface area contributed by atoms with Crippen molar-refractivity contribution in [3.05, 3.63) is 41.5 Å². The Morgan fingerprint density at radius 2 is 2.38 bits per heavy atom. The Kier molecular flexibility index (Phi) is 4.28. The Balaban J connectivity index is 2.92. The molecule has 1 aromatic rings. The van der Waals surface area contributed by atoms with Gasteiger partial charge in [0.25, 0.3) is 0 Å². The molecule has 0 radical (unpaired) electrons. The minimum Gasteiger partial charge on any atom is -0.466 e. The number of carbonyl (C=O) groups excluding carboxylic acids is 1. The fraction of sp³-hybridized carbons (Fsp3) is 0.231. The zero-order valence-corrected chi connectivity index (χ0v) is 9.19. The molecular weight excluding hydrogens is 202 g/mol. The molecule has 0 bridgehead atoms. The van der Waals surface area contributed by atoms with Gasteiger partial charge in [0.2, 0.25) is 0 Å². The fourth-order valence-corrected chi connectivity index (χ4v) is 1.38. The maximum atomic E-state index is 11.3. The maximum absolute atomic E-state index is 11.3. The second-order valence-electron chi connectivity index (χ2n) is 3.21. The molecule has 0 N–H and O–H groups in total. The van der Waals surface area contributed by atoms with Gasteiger partial charge in [-0.1, -0.05) is 18.7 Å². The van der Waals surface area contributed by atoms with Crippen LogP contribution in [0.4, 0.5) is 0 Å². The highest BCUT2D eigenvalue weighted by Gasteiger charge is 2.07. The van der Waals surface area contributed by atoms with Crippen LogP contribution in [-0.2, 0) is 16.0 Å². The van der Waals surface area contributed by atoms with E-state index in [9.17, 15) is 4.79 Å². The smallest absolute Gasteiger partial charge is 0.310 e. The third kappa shape index (κ3) is 2.96. The van der Waals surface area contributed by atoms with Crippen LogP contribution in [0.1, 0.15) is 23.6 Å². The molecule has 1 rings (SSSR count). The van der Waals surface area contributed by atoms with Gasteiger partial charge in [-0.2, -0.15) is 5.26 Å².